The number of nitrogens with zero attached hydrogens (tertiary/aromatic N) is 1. The van der Waals surface area contributed by atoms with E-state index in [9.17, 15) is 4.79 Å². The van der Waals surface area contributed by atoms with Gasteiger partial charge in [0.05, 0.1) is 24.0 Å². The fourth-order valence-electron chi connectivity index (χ4n) is 2.42. The zero-order valence-electron chi connectivity index (χ0n) is 14.0. The number of carbonyl (C=O) groups excluding carboxylic acids is 1. The molecule has 0 aliphatic heterocycles. The van der Waals surface area contributed by atoms with E-state index in [-0.39, 0.29) is 12.3 Å². The van der Waals surface area contributed by atoms with E-state index in [1.165, 1.54) is 0 Å². The van der Waals surface area contributed by atoms with Crippen molar-refractivity contribution in [3.63, 3.8) is 0 Å². The van der Waals surface area contributed by atoms with Crippen LogP contribution in [0.5, 0.6) is 5.75 Å². The minimum Gasteiger partial charge on any atom is -0.495 e. The molecule has 0 saturated heterocycles. The zero-order valence-corrected chi connectivity index (χ0v) is 15.5. The number of methoxy groups -OCH3 is 1. The van der Waals surface area contributed by atoms with Gasteiger partial charge in [-0.3, -0.25) is 4.79 Å². The minimum atomic E-state index is -0.154. The number of oxazole rings is 1. The van der Waals surface area contributed by atoms with Crippen LogP contribution in [0.3, 0.4) is 0 Å². The lowest BCUT2D eigenvalue weighted by Gasteiger charge is -2.09. The van der Waals surface area contributed by atoms with Crippen molar-refractivity contribution in [1.82, 2.24) is 4.98 Å². The minimum absolute atomic E-state index is 0.154. The first-order valence-corrected chi connectivity index (χ1v) is 8.65. The van der Waals surface area contributed by atoms with Gasteiger partial charge in [0.15, 0.2) is 11.7 Å². The highest BCUT2D eigenvalue weighted by Crippen LogP contribution is 2.31. The third kappa shape index (κ3) is 4.36. The lowest BCUT2D eigenvalue weighted by atomic mass is 10.2. The van der Waals surface area contributed by atoms with Gasteiger partial charge in [-0.05, 0) is 30.3 Å². The summed E-state index contributed by atoms with van der Waals surface area (Å²) in [5, 5.41) is 3.84. The van der Waals surface area contributed by atoms with Gasteiger partial charge in [-0.15, -0.1) is 0 Å². The molecule has 0 bridgehead atoms. The first-order chi connectivity index (χ1) is 12.6. The third-order valence-corrected chi connectivity index (χ3v) is 4.24. The molecule has 0 unspecified atom stereocenters. The molecule has 0 spiro atoms. The first kappa shape index (κ1) is 18.3. The molecule has 0 saturated carbocycles. The van der Waals surface area contributed by atoms with Gasteiger partial charge in [0.25, 0.3) is 0 Å². The quantitative estimate of drug-likeness (QED) is 0.625. The van der Waals surface area contributed by atoms with Crippen molar-refractivity contribution >= 4 is 34.8 Å². The molecule has 1 heterocycles. The van der Waals surface area contributed by atoms with Crippen LogP contribution < -0.4 is 10.1 Å². The number of halogens is 2. The number of amides is 1. The number of anilines is 1. The molecule has 0 fully saturated rings. The van der Waals surface area contributed by atoms with Gasteiger partial charge >= 0.3 is 0 Å². The summed E-state index contributed by atoms with van der Waals surface area (Å²) in [6.45, 7) is 0. The highest BCUT2D eigenvalue weighted by atomic mass is 35.5. The summed E-state index contributed by atoms with van der Waals surface area (Å²) in [4.78, 5) is 16.4. The Labute approximate surface area is 160 Å². The highest BCUT2D eigenvalue weighted by Gasteiger charge is 2.12. The monoisotopic (exact) mass is 390 g/mol. The topological polar surface area (TPSA) is 64.4 Å². The summed E-state index contributed by atoms with van der Waals surface area (Å²) in [6.07, 6.45) is 2.18. The molecule has 0 aliphatic rings. The van der Waals surface area contributed by atoms with Crippen LogP contribution in [0.2, 0.25) is 10.0 Å². The fraction of sp³-hybridized carbons (Fsp3) is 0.158. The van der Waals surface area contributed by atoms with Gasteiger partial charge in [-0.25, -0.2) is 4.98 Å². The summed E-state index contributed by atoms with van der Waals surface area (Å²) < 4.78 is 10.9. The second-order valence-electron chi connectivity index (χ2n) is 5.49. The first-order valence-electron chi connectivity index (χ1n) is 7.90. The molecule has 26 heavy (non-hydrogen) atoms. The Hall–Kier alpha value is -2.50. The molecule has 1 N–H and O–H groups in total. The number of ether oxygens (including phenoxy) is 1. The number of hydrogen-bond acceptors (Lipinski definition) is 4. The summed E-state index contributed by atoms with van der Waals surface area (Å²) in [6, 6.07) is 12.4. The predicted molar refractivity (Wildman–Crippen MR) is 102 cm³/mol. The summed E-state index contributed by atoms with van der Waals surface area (Å²) in [7, 11) is 1.56. The molecule has 1 amide bonds. The molecule has 1 aromatic heterocycles. The fourth-order valence-corrected chi connectivity index (χ4v) is 2.92. The Morgan fingerprint density at radius 1 is 1.23 bits per heavy atom. The van der Waals surface area contributed by atoms with Crippen molar-refractivity contribution < 1.29 is 13.9 Å². The maximum absolute atomic E-state index is 12.2. The van der Waals surface area contributed by atoms with Crippen LogP contribution in [0.1, 0.15) is 12.3 Å². The SMILES string of the molecule is COc1ccccc1NC(=O)CCc1ncc(-c2ccc(Cl)cc2Cl)o1. The van der Waals surface area contributed by atoms with Gasteiger partial charge < -0.3 is 14.5 Å². The van der Waals surface area contributed by atoms with Crippen molar-refractivity contribution in [1.29, 1.82) is 0 Å². The second kappa shape index (κ2) is 8.25. The molecule has 134 valence electrons. The third-order valence-electron chi connectivity index (χ3n) is 3.70. The van der Waals surface area contributed by atoms with Crippen molar-refractivity contribution in [2.24, 2.45) is 0 Å². The zero-order chi connectivity index (χ0) is 18.5. The lowest BCUT2D eigenvalue weighted by molar-refractivity contribution is -0.116. The Balaban J connectivity index is 1.62. The lowest BCUT2D eigenvalue weighted by Crippen LogP contribution is -2.13. The van der Waals surface area contributed by atoms with Crippen molar-refractivity contribution in [2.45, 2.75) is 12.8 Å². The molecule has 7 heteroatoms. The van der Waals surface area contributed by atoms with Crippen molar-refractivity contribution in [3.8, 4) is 17.1 Å². The number of carbonyl (C=O) groups is 1. The molecule has 0 atom stereocenters. The molecule has 0 aliphatic carbocycles. The molecule has 3 rings (SSSR count). The number of nitrogens with one attached hydrogen (secondary N) is 1. The van der Waals surface area contributed by atoms with E-state index in [0.29, 0.717) is 45.1 Å². The Bertz CT molecular complexity index is 925. The molecular weight excluding hydrogens is 375 g/mol. The van der Waals surface area contributed by atoms with Crippen LogP contribution in [-0.2, 0) is 11.2 Å². The summed E-state index contributed by atoms with van der Waals surface area (Å²) in [5.74, 6) is 1.45. The van der Waals surface area contributed by atoms with E-state index < -0.39 is 0 Å². The summed E-state index contributed by atoms with van der Waals surface area (Å²) in [5.41, 5.74) is 1.33. The smallest absolute Gasteiger partial charge is 0.224 e. The number of para-hydroxylation sites is 2. The van der Waals surface area contributed by atoms with E-state index in [2.05, 4.69) is 10.3 Å². The number of benzene rings is 2. The van der Waals surface area contributed by atoms with E-state index in [4.69, 9.17) is 32.4 Å². The Kier molecular flexibility index (Phi) is 5.81. The van der Waals surface area contributed by atoms with Gasteiger partial charge in [0.2, 0.25) is 5.91 Å². The number of aromatic nitrogens is 1. The van der Waals surface area contributed by atoms with Crippen LogP contribution in [0.4, 0.5) is 5.69 Å². The largest absolute Gasteiger partial charge is 0.495 e. The average molecular weight is 391 g/mol. The van der Waals surface area contributed by atoms with Gasteiger partial charge in [-0.2, -0.15) is 0 Å². The molecule has 2 aromatic carbocycles. The van der Waals surface area contributed by atoms with Crippen LogP contribution >= 0.6 is 23.2 Å². The van der Waals surface area contributed by atoms with Gasteiger partial charge in [-0.1, -0.05) is 35.3 Å². The van der Waals surface area contributed by atoms with Gasteiger partial charge in [0.1, 0.15) is 5.75 Å². The Morgan fingerprint density at radius 3 is 2.81 bits per heavy atom. The number of rotatable bonds is 6. The average Bonchev–Trinajstić information content (AvgIpc) is 3.09. The van der Waals surface area contributed by atoms with Crippen LogP contribution in [0.15, 0.2) is 53.1 Å². The summed E-state index contributed by atoms with van der Waals surface area (Å²) >= 11 is 12.1. The normalized spacial score (nSPS) is 10.6. The molecule has 3 aromatic rings. The van der Waals surface area contributed by atoms with E-state index in [1.54, 1.807) is 43.6 Å². The van der Waals surface area contributed by atoms with Gasteiger partial charge in [0, 0.05) is 23.4 Å². The van der Waals surface area contributed by atoms with Crippen LogP contribution in [-0.4, -0.2) is 18.0 Å². The molecule has 0 radical (unpaired) electrons. The molecule has 5 nitrogen and oxygen atoms in total. The highest BCUT2D eigenvalue weighted by molar-refractivity contribution is 6.36. The second-order valence-corrected chi connectivity index (χ2v) is 6.33. The predicted octanol–water partition coefficient (Wildman–Crippen LogP) is 5.23. The van der Waals surface area contributed by atoms with E-state index in [0.717, 1.165) is 0 Å². The Morgan fingerprint density at radius 2 is 2.04 bits per heavy atom. The van der Waals surface area contributed by atoms with Crippen LogP contribution in [0, 0.1) is 0 Å². The standard InChI is InChI=1S/C19H16Cl2N2O3/c1-25-16-5-3-2-4-15(16)23-18(24)8-9-19-22-11-17(26-19)13-7-6-12(20)10-14(13)21/h2-7,10-11H,8-9H2,1H3,(H,23,24). The van der Waals surface area contributed by atoms with Crippen molar-refractivity contribution in [2.75, 3.05) is 12.4 Å². The van der Waals surface area contributed by atoms with E-state index >= 15 is 0 Å². The van der Waals surface area contributed by atoms with E-state index in [1.807, 2.05) is 12.1 Å². The number of hydrogen-bond donors (Lipinski definition) is 1. The molecular formula is C19H16Cl2N2O3. The van der Waals surface area contributed by atoms with Crippen molar-refractivity contribution in [3.05, 3.63) is 64.6 Å². The number of aryl methyl sites for hydroxylation is 1. The maximum atomic E-state index is 12.2. The van der Waals surface area contributed by atoms with Crippen LogP contribution in [0.25, 0.3) is 11.3 Å². The maximum Gasteiger partial charge on any atom is 0.224 e.